The van der Waals surface area contributed by atoms with Crippen molar-refractivity contribution in [3.05, 3.63) is 72.2 Å². The van der Waals surface area contributed by atoms with E-state index in [0.717, 1.165) is 53.7 Å². The third-order valence-electron chi connectivity index (χ3n) is 6.60. The number of rotatable bonds is 6. The highest BCUT2D eigenvalue weighted by atomic mass is 19.1. The van der Waals surface area contributed by atoms with Crippen LogP contribution in [-0.2, 0) is 20.1 Å². The molecule has 0 saturated heterocycles. The van der Waals surface area contributed by atoms with Gasteiger partial charge < -0.3 is 19.2 Å². The first-order valence-corrected chi connectivity index (χ1v) is 12.1. The normalized spacial score (nSPS) is 13.5. The summed E-state index contributed by atoms with van der Waals surface area (Å²) in [4.78, 5) is 9.13. The van der Waals surface area contributed by atoms with Gasteiger partial charge in [-0.25, -0.2) is 14.4 Å². The molecule has 11 heteroatoms. The van der Waals surface area contributed by atoms with Crippen molar-refractivity contribution in [1.82, 2.24) is 39.1 Å². The van der Waals surface area contributed by atoms with Crippen LogP contribution in [0.1, 0.15) is 30.8 Å². The lowest BCUT2D eigenvalue weighted by molar-refractivity contribution is 0.201. The van der Waals surface area contributed by atoms with Crippen LogP contribution < -0.4 is 10.1 Å². The summed E-state index contributed by atoms with van der Waals surface area (Å²) in [6, 6.07) is 10.2. The molecular formula is C26H26FN9O. The highest BCUT2D eigenvalue weighted by Crippen LogP contribution is 2.36. The summed E-state index contributed by atoms with van der Waals surface area (Å²) in [5, 5.41) is 16.4. The van der Waals surface area contributed by atoms with Crippen molar-refractivity contribution < 1.29 is 9.13 Å². The van der Waals surface area contributed by atoms with E-state index in [-0.39, 0.29) is 5.75 Å². The summed E-state index contributed by atoms with van der Waals surface area (Å²) in [5.74, 6) is 2.52. The molecule has 0 amide bonds. The molecule has 1 atom stereocenters. The molecule has 4 aromatic heterocycles. The predicted molar refractivity (Wildman–Crippen MR) is 136 cm³/mol. The molecule has 37 heavy (non-hydrogen) atoms. The van der Waals surface area contributed by atoms with Gasteiger partial charge in [-0.3, -0.25) is 4.68 Å². The van der Waals surface area contributed by atoms with Crippen molar-refractivity contribution in [2.24, 2.45) is 7.05 Å². The summed E-state index contributed by atoms with van der Waals surface area (Å²) in [6.45, 7) is 5.50. The minimum absolute atomic E-state index is 0.196. The number of para-hydroxylation sites is 1. The molecule has 5 aromatic rings. The zero-order chi connectivity index (χ0) is 25.5. The van der Waals surface area contributed by atoms with Crippen molar-refractivity contribution in [2.45, 2.75) is 39.5 Å². The van der Waals surface area contributed by atoms with E-state index in [1.165, 1.54) is 6.07 Å². The van der Waals surface area contributed by atoms with Gasteiger partial charge in [0.15, 0.2) is 29.3 Å². The maximum atomic E-state index is 14.2. The van der Waals surface area contributed by atoms with Gasteiger partial charge in [0.2, 0.25) is 5.95 Å². The van der Waals surface area contributed by atoms with Crippen molar-refractivity contribution >= 4 is 11.8 Å². The van der Waals surface area contributed by atoms with Crippen LogP contribution in [0.25, 0.3) is 22.8 Å². The van der Waals surface area contributed by atoms with Gasteiger partial charge in [0, 0.05) is 44.2 Å². The number of hydrogen-bond donors (Lipinski definition) is 1. The predicted octanol–water partition coefficient (Wildman–Crippen LogP) is 4.67. The van der Waals surface area contributed by atoms with Gasteiger partial charge in [0.1, 0.15) is 5.82 Å². The molecule has 1 aliphatic heterocycles. The van der Waals surface area contributed by atoms with E-state index in [1.807, 2.05) is 26.1 Å². The Kier molecular flexibility index (Phi) is 5.67. The number of aromatic nitrogens is 8. The first-order chi connectivity index (χ1) is 18.0. The molecule has 1 aromatic carbocycles. The van der Waals surface area contributed by atoms with Gasteiger partial charge in [-0.05, 0) is 44.0 Å². The number of anilines is 2. The molecule has 0 spiro atoms. The molecule has 0 aliphatic carbocycles. The van der Waals surface area contributed by atoms with Crippen LogP contribution >= 0.6 is 0 Å². The number of ether oxygens (including phenoxy) is 1. The van der Waals surface area contributed by atoms with Crippen LogP contribution in [0.5, 0.6) is 5.75 Å². The Balaban J connectivity index is 1.34. The number of benzene rings is 1. The molecule has 1 N–H and O–H groups in total. The average Bonchev–Trinajstić information content (AvgIpc) is 3.55. The van der Waals surface area contributed by atoms with E-state index < -0.39 is 11.9 Å². The Hall–Kier alpha value is -4.54. The highest BCUT2D eigenvalue weighted by Gasteiger charge is 2.27. The van der Waals surface area contributed by atoms with E-state index >= 15 is 0 Å². The van der Waals surface area contributed by atoms with Crippen molar-refractivity contribution in [3.63, 3.8) is 0 Å². The molecule has 10 nitrogen and oxygen atoms in total. The number of halogens is 1. The number of fused-ring (bicyclic) bond motifs is 3. The minimum Gasteiger partial charge on any atom is -0.480 e. The Morgan fingerprint density at radius 2 is 1.95 bits per heavy atom. The van der Waals surface area contributed by atoms with E-state index in [9.17, 15) is 4.39 Å². The Labute approximate surface area is 212 Å². The maximum Gasteiger partial charge on any atom is 0.228 e. The lowest BCUT2D eigenvalue weighted by atomic mass is 10.1. The zero-order valence-electron chi connectivity index (χ0n) is 20.8. The Morgan fingerprint density at radius 1 is 1.08 bits per heavy atom. The minimum atomic E-state index is -0.470. The lowest BCUT2D eigenvalue weighted by Gasteiger charge is -2.16. The summed E-state index contributed by atoms with van der Waals surface area (Å²) in [5.41, 5.74) is 3.85. The maximum absolute atomic E-state index is 14.2. The summed E-state index contributed by atoms with van der Waals surface area (Å²) < 4.78 is 26.1. The molecule has 6 rings (SSSR count). The van der Waals surface area contributed by atoms with Gasteiger partial charge in [-0.1, -0.05) is 12.1 Å². The second-order valence-corrected chi connectivity index (χ2v) is 9.02. The van der Waals surface area contributed by atoms with Crippen molar-refractivity contribution in [2.75, 3.05) is 5.32 Å². The van der Waals surface area contributed by atoms with E-state index in [1.54, 1.807) is 35.3 Å². The van der Waals surface area contributed by atoms with Gasteiger partial charge in [0.25, 0.3) is 0 Å². The topological polar surface area (TPSA) is 100 Å². The van der Waals surface area contributed by atoms with E-state index in [0.29, 0.717) is 11.8 Å². The molecule has 188 valence electrons. The van der Waals surface area contributed by atoms with Gasteiger partial charge in [-0.2, -0.15) is 5.10 Å². The van der Waals surface area contributed by atoms with Crippen molar-refractivity contribution in [1.29, 1.82) is 0 Å². The molecule has 1 aliphatic rings. The summed E-state index contributed by atoms with van der Waals surface area (Å²) in [6.07, 6.45) is 5.99. The second-order valence-electron chi connectivity index (χ2n) is 9.02. The van der Waals surface area contributed by atoms with Crippen LogP contribution in [0.3, 0.4) is 0 Å². The summed E-state index contributed by atoms with van der Waals surface area (Å²) in [7, 11) is 1.86. The number of nitrogens with one attached hydrogen (secondary N) is 1. The van der Waals surface area contributed by atoms with Crippen molar-refractivity contribution in [3.8, 4) is 28.5 Å². The number of nitrogens with zero attached hydrogens (tertiary/aromatic N) is 8. The standard InChI is InChI=1S/C26H26FN9O/c1-16-18(20-9-11-28-26(30-20)31-22-10-12-29-34(22)3)15-35-13-6-14-36-24(32-33-25(36)23(16)35)17(2)37-21-8-5-4-7-19(21)27/h4-5,7-12,15,17H,6,13-14H2,1-3H3,(H,28,30,31)/t17-/m0/s1. The SMILES string of the molecule is Cc1c(-c2ccnc(Nc3ccnn3C)n2)cn2c1-c1nnc([C@H](C)Oc3ccccc3F)n1CCC2. The second kappa shape index (κ2) is 9.16. The monoisotopic (exact) mass is 499 g/mol. The van der Waals surface area contributed by atoms with E-state index in [4.69, 9.17) is 9.72 Å². The molecule has 0 saturated carbocycles. The number of hydrogen-bond acceptors (Lipinski definition) is 7. The third-order valence-corrected chi connectivity index (χ3v) is 6.60. The quantitative estimate of drug-likeness (QED) is 0.362. The smallest absolute Gasteiger partial charge is 0.228 e. The van der Waals surface area contributed by atoms with Gasteiger partial charge >= 0.3 is 0 Å². The number of aryl methyl sites for hydroxylation is 2. The average molecular weight is 500 g/mol. The lowest BCUT2D eigenvalue weighted by Crippen LogP contribution is -2.13. The van der Waals surface area contributed by atoms with Crippen LogP contribution in [-0.4, -0.2) is 39.1 Å². The zero-order valence-corrected chi connectivity index (χ0v) is 20.8. The Morgan fingerprint density at radius 3 is 2.76 bits per heavy atom. The first kappa shape index (κ1) is 22.9. The Bertz CT molecular complexity index is 1580. The molecule has 0 bridgehead atoms. The molecule has 0 unspecified atom stereocenters. The van der Waals surface area contributed by atoms with Crippen LogP contribution in [0.4, 0.5) is 16.2 Å². The van der Waals surface area contributed by atoms with Crippen LogP contribution in [0, 0.1) is 12.7 Å². The molecule has 0 radical (unpaired) electrons. The van der Waals surface area contributed by atoms with Crippen LogP contribution in [0.2, 0.25) is 0 Å². The van der Waals surface area contributed by atoms with Gasteiger partial charge in [0.05, 0.1) is 17.6 Å². The van der Waals surface area contributed by atoms with Crippen LogP contribution in [0.15, 0.2) is 55.0 Å². The third kappa shape index (κ3) is 4.11. The van der Waals surface area contributed by atoms with E-state index in [2.05, 4.69) is 47.9 Å². The van der Waals surface area contributed by atoms with Gasteiger partial charge in [-0.15, -0.1) is 10.2 Å². The summed E-state index contributed by atoms with van der Waals surface area (Å²) >= 11 is 0. The first-order valence-electron chi connectivity index (χ1n) is 12.1. The fourth-order valence-corrected chi connectivity index (χ4v) is 4.77. The highest BCUT2D eigenvalue weighted by molar-refractivity contribution is 5.74. The fraction of sp³-hybridized carbons (Fsp3) is 0.269. The molecule has 0 fully saturated rings. The fourth-order valence-electron chi connectivity index (χ4n) is 4.77. The molecular weight excluding hydrogens is 473 g/mol. The molecule has 5 heterocycles. The largest absolute Gasteiger partial charge is 0.480 e.